The Morgan fingerprint density at radius 3 is 2.68 bits per heavy atom. The molecule has 120 valence electrons. The number of hydrogen-bond acceptors (Lipinski definition) is 3. The average Bonchev–Trinajstić information content (AvgIpc) is 2.54. The van der Waals surface area contributed by atoms with Gasteiger partial charge in [-0.15, -0.1) is 0 Å². The second kappa shape index (κ2) is 7.40. The largest absolute Gasteiger partial charge is 0.481 e. The van der Waals surface area contributed by atoms with E-state index in [0.29, 0.717) is 13.0 Å². The summed E-state index contributed by atoms with van der Waals surface area (Å²) >= 11 is 0. The van der Waals surface area contributed by atoms with E-state index in [-0.39, 0.29) is 24.4 Å². The highest BCUT2D eigenvalue weighted by atomic mass is 16.4. The van der Waals surface area contributed by atoms with Gasteiger partial charge in [0.15, 0.2) is 0 Å². The molecule has 0 radical (unpaired) electrons. The highest BCUT2D eigenvalue weighted by Crippen LogP contribution is 2.20. The minimum absolute atomic E-state index is 0.00811. The van der Waals surface area contributed by atoms with Crippen molar-refractivity contribution in [3.8, 4) is 0 Å². The Bertz CT molecular complexity index is 518. The number of aliphatic carboxylic acids is 1. The molecule has 1 aromatic carbocycles. The summed E-state index contributed by atoms with van der Waals surface area (Å²) in [5.41, 5.74) is 1.10. The van der Waals surface area contributed by atoms with E-state index in [1.807, 2.05) is 42.2 Å². The molecule has 1 heterocycles. The summed E-state index contributed by atoms with van der Waals surface area (Å²) in [7, 11) is 1.80. The molecule has 2 atom stereocenters. The zero-order chi connectivity index (χ0) is 16.1. The van der Waals surface area contributed by atoms with Gasteiger partial charge in [0.2, 0.25) is 5.91 Å². The number of hydrogen-bond donors (Lipinski definition) is 1. The SMILES string of the molecule is C[C@@H](c1ccccc1)N(C)C(=O)CN1CCC[C@H](C(=O)O)C1. The first kappa shape index (κ1) is 16.5. The number of carboxylic acids is 1. The molecule has 0 aromatic heterocycles. The van der Waals surface area contributed by atoms with E-state index in [0.717, 1.165) is 18.5 Å². The van der Waals surface area contributed by atoms with Gasteiger partial charge in [0.1, 0.15) is 0 Å². The summed E-state index contributed by atoms with van der Waals surface area (Å²) in [6, 6.07) is 9.91. The molecule has 2 rings (SSSR count). The smallest absolute Gasteiger partial charge is 0.307 e. The third-order valence-electron chi connectivity index (χ3n) is 4.47. The maximum atomic E-state index is 12.4. The molecule has 1 aliphatic heterocycles. The van der Waals surface area contributed by atoms with Crippen LogP contribution in [-0.4, -0.2) is 53.5 Å². The molecule has 1 fully saturated rings. The van der Waals surface area contributed by atoms with Gasteiger partial charge in [-0.05, 0) is 31.9 Å². The maximum Gasteiger partial charge on any atom is 0.307 e. The lowest BCUT2D eigenvalue weighted by Crippen LogP contribution is -2.45. The van der Waals surface area contributed by atoms with Crippen LogP contribution in [0.3, 0.4) is 0 Å². The molecule has 0 spiro atoms. The molecule has 1 amide bonds. The molecule has 5 nitrogen and oxygen atoms in total. The fraction of sp³-hybridized carbons (Fsp3) is 0.529. The van der Waals surface area contributed by atoms with E-state index in [1.165, 1.54) is 0 Å². The van der Waals surface area contributed by atoms with Crippen molar-refractivity contribution in [1.82, 2.24) is 9.80 Å². The molecule has 1 aliphatic rings. The average molecular weight is 304 g/mol. The minimum atomic E-state index is -0.761. The highest BCUT2D eigenvalue weighted by Gasteiger charge is 2.27. The highest BCUT2D eigenvalue weighted by molar-refractivity contribution is 5.78. The van der Waals surface area contributed by atoms with Crippen molar-refractivity contribution in [3.63, 3.8) is 0 Å². The monoisotopic (exact) mass is 304 g/mol. The van der Waals surface area contributed by atoms with Crippen LogP contribution in [0.1, 0.15) is 31.4 Å². The summed E-state index contributed by atoms with van der Waals surface area (Å²) in [5, 5.41) is 9.11. The molecule has 0 unspecified atom stereocenters. The number of rotatable bonds is 5. The summed E-state index contributed by atoms with van der Waals surface area (Å²) in [4.78, 5) is 27.2. The van der Waals surface area contributed by atoms with E-state index in [9.17, 15) is 9.59 Å². The third kappa shape index (κ3) is 4.07. The number of piperidine rings is 1. The van der Waals surface area contributed by atoms with Gasteiger partial charge in [-0.3, -0.25) is 14.5 Å². The van der Waals surface area contributed by atoms with Gasteiger partial charge in [0.25, 0.3) is 0 Å². The first-order chi connectivity index (χ1) is 10.5. The predicted molar refractivity (Wildman–Crippen MR) is 84.4 cm³/mol. The molecule has 5 heteroatoms. The molecule has 1 aromatic rings. The Kier molecular flexibility index (Phi) is 5.55. The Balaban J connectivity index is 1.92. The lowest BCUT2D eigenvalue weighted by atomic mass is 9.98. The molecular weight excluding hydrogens is 280 g/mol. The van der Waals surface area contributed by atoms with Crippen LogP contribution in [0.5, 0.6) is 0 Å². The lowest BCUT2D eigenvalue weighted by Gasteiger charge is -2.33. The van der Waals surface area contributed by atoms with Crippen LogP contribution < -0.4 is 0 Å². The number of benzene rings is 1. The van der Waals surface area contributed by atoms with Crippen molar-refractivity contribution < 1.29 is 14.7 Å². The summed E-state index contributed by atoms with van der Waals surface area (Å²) in [6.45, 7) is 3.55. The normalized spacial score (nSPS) is 20.4. The fourth-order valence-electron chi connectivity index (χ4n) is 2.87. The Morgan fingerprint density at radius 2 is 2.05 bits per heavy atom. The molecule has 22 heavy (non-hydrogen) atoms. The maximum absolute atomic E-state index is 12.4. The lowest BCUT2D eigenvalue weighted by molar-refractivity contribution is -0.145. The second-order valence-corrected chi connectivity index (χ2v) is 6.00. The Morgan fingerprint density at radius 1 is 1.36 bits per heavy atom. The van der Waals surface area contributed by atoms with Crippen LogP contribution in [0, 0.1) is 5.92 Å². The van der Waals surface area contributed by atoms with Crippen molar-refractivity contribution in [2.45, 2.75) is 25.8 Å². The van der Waals surface area contributed by atoms with Gasteiger partial charge >= 0.3 is 5.97 Å². The van der Waals surface area contributed by atoms with E-state index in [1.54, 1.807) is 11.9 Å². The quantitative estimate of drug-likeness (QED) is 0.904. The minimum Gasteiger partial charge on any atom is -0.481 e. The van der Waals surface area contributed by atoms with Gasteiger partial charge in [-0.2, -0.15) is 0 Å². The number of likely N-dealkylation sites (N-methyl/N-ethyl adjacent to an activating group) is 1. The van der Waals surface area contributed by atoms with E-state index >= 15 is 0 Å². The van der Waals surface area contributed by atoms with E-state index in [4.69, 9.17) is 5.11 Å². The standard InChI is InChI=1S/C17H24N2O3/c1-13(14-7-4-3-5-8-14)18(2)16(20)12-19-10-6-9-15(11-19)17(21)22/h3-5,7-8,13,15H,6,9-12H2,1-2H3,(H,21,22)/t13-,15-/m0/s1. The first-order valence-corrected chi connectivity index (χ1v) is 7.74. The van der Waals surface area contributed by atoms with Crippen LogP contribution in [0.4, 0.5) is 0 Å². The van der Waals surface area contributed by atoms with Crippen LogP contribution >= 0.6 is 0 Å². The van der Waals surface area contributed by atoms with Gasteiger partial charge in [0.05, 0.1) is 18.5 Å². The Hall–Kier alpha value is -1.88. The number of carbonyl (C=O) groups is 2. The predicted octanol–water partition coefficient (Wildman–Crippen LogP) is 2.00. The van der Waals surface area contributed by atoms with E-state index in [2.05, 4.69) is 0 Å². The van der Waals surface area contributed by atoms with Crippen molar-refractivity contribution in [2.75, 3.05) is 26.7 Å². The molecule has 0 aliphatic carbocycles. The molecule has 0 bridgehead atoms. The van der Waals surface area contributed by atoms with Crippen molar-refractivity contribution in [2.24, 2.45) is 5.92 Å². The van der Waals surface area contributed by atoms with Gasteiger partial charge in [-0.1, -0.05) is 30.3 Å². The molecule has 0 saturated carbocycles. The number of amides is 1. The van der Waals surface area contributed by atoms with Crippen molar-refractivity contribution >= 4 is 11.9 Å². The van der Waals surface area contributed by atoms with Gasteiger partial charge in [-0.25, -0.2) is 0 Å². The van der Waals surface area contributed by atoms with Gasteiger partial charge in [0, 0.05) is 13.6 Å². The van der Waals surface area contributed by atoms with Crippen LogP contribution in [0.15, 0.2) is 30.3 Å². The van der Waals surface area contributed by atoms with Crippen LogP contribution in [0.25, 0.3) is 0 Å². The summed E-state index contributed by atoms with van der Waals surface area (Å²) < 4.78 is 0. The van der Waals surface area contributed by atoms with E-state index < -0.39 is 5.97 Å². The zero-order valence-electron chi connectivity index (χ0n) is 13.2. The molecule has 1 N–H and O–H groups in total. The first-order valence-electron chi connectivity index (χ1n) is 7.74. The molecule has 1 saturated heterocycles. The number of carbonyl (C=O) groups excluding carboxylic acids is 1. The van der Waals surface area contributed by atoms with Crippen molar-refractivity contribution in [3.05, 3.63) is 35.9 Å². The van der Waals surface area contributed by atoms with Crippen LogP contribution in [-0.2, 0) is 9.59 Å². The second-order valence-electron chi connectivity index (χ2n) is 6.00. The summed E-state index contributed by atoms with van der Waals surface area (Å²) in [6.07, 6.45) is 1.54. The fourth-order valence-corrected chi connectivity index (χ4v) is 2.87. The number of likely N-dealkylation sites (tertiary alicyclic amines) is 1. The van der Waals surface area contributed by atoms with Crippen molar-refractivity contribution in [1.29, 1.82) is 0 Å². The molecular formula is C17H24N2O3. The number of nitrogens with zero attached hydrogens (tertiary/aromatic N) is 2. The van der Waals surface area contributed by atoms with Gasteiger partial charge < -0.3 is 10.0 Å². The topological polar surface area (TPSA) is 60.9 Å². The number of carboxylic acid groups (broad SMARTS) is 1. The van der Waals surface area contributed by atoms with Crippen LogP contribution in [0.2, 0.25) is 0 Å². The Labute approximate surface area is 131 Å². The summed E-state index contributed by atoms with van der Waals surface area (Å²) in [5.74, 6) is -1.08. The third-order valence-corrected chi connectivity index (χ3v) is 4.47. The zero-order valence-corrected chi connectivity index (χ0v) is 13.2.